The lowest BCUT2D eigenvalue weighted by Gasteiger charge is -2.04. The number of benzene rings is 2. The van der Waals surface area contributed by atoms with Gasteiger partial charge in [0.15, 0.2) is 5.78 Å². The standard InChI is InChI=1S/C20H21N.C13H14O.C2H6.H2/c1-6-16(4)18(12-11-15(2)3)13-14-20(21)19-10-8-7-9-17(19)5;1-10(13(14)12-7-8-12)9-11-5-3-2-4-6-11;1-2;/h1,7-14,21H,2H2,3-5H3;2-6,12H,1,7-9H2;1-2H3;1H/b12-11-,14-13+,18-16+,21-20?;;;. The fourth-order valence-corrected chi connectivity index (χ4v) is 3.32. The molecule has 37 heavy (non-hydrogen) atoms. The van der Waals surface area contributed by atoms with Crippen LogP contribution in [0.3, 0.4) is 0 Å². The lowest BCUT2D eigenvalue weighted by atomic mass is 10.0. The second kappa shape index (κ2) is 16.7. The van der Waals surface area contributed by atoms with Crippen molar-refractivity contribution in [1.82, 2.24) is 0 Å². The van der Waals surface area contributed by atoms with Crippen LogP contribution in [0.1, 0.15) is 58.7 Å². The third-order valence-electron chi connectivity index (χ3n) is 5.62. The van der Waals surface area contributed by atoms with Gasteiger partial charge >= 0.3 is 0 Å². The molecule has 0 bridgehead atoms. The normalized spacial score (nSPS) is 12.9. The van der Waals surface area contributed by atoms with Gasteiger partial charge in [-0.2, -0.15) is 0 Å². The number of allylic oxidation sites excluding steroid dienone is 8. The van der Waals surface area contributed by atoms with E-state index in [1.165, 1.54) is 5.56 Å². The van der Waals surface area contributed by atoms with Gasteiger partial charge in [0.2, 0.25) is 0 Å². The smallest absolute Gasteiger partial charge is 0.161 e. The summed E-state index contributed by atoms with van der Waals surface area (Å²) in [6.45, 7) is 17.5. The van der Waals surface area contributed by atoms with Crippen LogP contribution in [0.4, 0.5) is 0 Å². The number of Topliss-reactive ketones (excluding diaryl/α,β-unsaturated/α-hetero) is 1. The number of carbonyl (C=O) groups excluding carboxylic acids is 1. The summed E-state index contributed by atoms with van der Waals surface area (Å²) in [6, 6.07) is 17.9. The van der Waals surface area contributed by atoms with Crippen LogP contribution in [0.15, 0.2) is 114 Å². The van der Waals surface area contributed by atoms with Gasteiger partial charge < -0.3 is 5.41 Å². The molecule has 1 saturated carbocycles. The zero-order valence-electron chi connectivity index (χ0n) is 23.1. The Bertz CT molecular complexity index is 1220. The third-order valence-corrected chi connectivity index (χ3v) is 5.62. The summed E-state index contributed by atoms with van der Waals surface area (Å²) in [5.41, 5.74) is 7.13. The lowest BCUT2D eigenvalue weighted by Crippen LogP contribution is -2.05. The number of rotatable bonds is 9. The minimum atomic E-state index is 0. The Hall–Kier alpha value is -3.96. The van der Waals surface area contributed by atoms with Crippen LogP contribution in [0.2, 0.25) is 0 Å². The molecule has 194 valence electrons. The predicted octanol–water partition coefficient (Wildman–Crippen LogP) is 9.04. The van der Waals surface area contributed by atoms with Crippen LogP contribution in [-0.4, -0.2) is 11.5 Å². The third kappa shape index (κ3) is 11.5. The van der Waals surface area contributed by atoms with E-state index >= 15 is 0 Å². The van der Waals surface area contributed by atoms with Crippen LogP contribution in [0.5, 0.6) is 0 Å². The molecular formula is C35H43NO. The van der Waals surface area contributed by atoms with Crippen molar-refractivity contribution < 1.29 is 6.22 Å². The van der Waals surface area contributed by atoms with Gasteiger partial charge in [0.05, 0.1) is 5.71 Å². The van der Waals surface area contributed by atoms with E-state index in [0.717, 1.165) is 46.3 Å². The Kier molecular flexibility index (Phi) is 14.0. The molecule has 0 spiro atoms. The molecule has 0 aliphatic heterocycles. The number of nitrogens with one attached hydrogen (secondary N) is 1. The van der Waals surface area contributed by atoms with Crippen LogP contribution in [0, 0.1) is 30.6 Å². The van der Waals surface area contributed by atoms with Gasteiger partial charge in [-0.1, -0.05) is 111 Å². The topological polar surface area (TPSA) is 40.9 Å². The Balaban J connectivity index is 0.000000699. The monoisotopic (exact) mass is 493 g/mol. The lowest BCUT2D eigenvalue weighted by molar-refractivity contribution is -0.116. The van der Waals surface area contributed by atoms with Crippen LogP contribution in [-0.2, 0) is 11.2 Å². The number of hydrogen-bond donors (Lipinski definition) is 1. The molecule has 1 fully saturated rings. The molecule has 0 amide bonds. The van der Waals surface area contributed by atoms with Gasteiger partial charge in [-0.15, -0.1) is 6.42 Å². The fourth-order valence-electron chi connectivity index (χ4n) is 3.32. The number of carbonyl (C=O) groups is 1. The number of ketones is 1. The molecule has 2 aromatic rings. The quantitative estimate of drug-likeness (QED) is 0.161. The Morgan fingerprint density at radius 2 is 1.57 bits per heavy atom. The SMILES string of the molecule is C#C/C(C)=C(\C=C/C(=C)C)/C=C/C(=N)c1ccccc1C.C=C(Cc1ccccc1)C(=O)C1CC1.CC.[HH]. The second-order valence-corrected chi connectivity index (χ2v) is 8.87. The average Bonchev–Trinajstić information content (AvgIpc) is 3.75. The van der Waals surface area contributed by atoms with E-state index in [-0.39, 0.29) is 7.21 Å². The summed E-state index contributed by atoms with van der Waals surface area (Å²) in [5, 5.41) is 8.18. The molecule has 1 N–H and O–H groups in total. The first-order chi connectivity index (χ1) is 17.7. The average molecular weight is 494 g/mol. The number of hydrogen-bond acceptors (Lipinski definition) is 2. The zero-order chi connectivity index (χ0) is 27.8. The number of aryl methyl sites for hydroxylation is 1. The highest BCUT2D eigenvalue weighted by Crippen LogP contribution is 2.32. The van der Waals surface area contributed by atoms with E-state index < -0.39 is 0 Å². The van der Waals surface area contributed by atoms with E-state index in [2.05, 4.69) is 19.1 Å². The highest BCUT2D eigenvalue weighted by Gasteiger charge is 2.30. The van der Waals surface area contributed by atoms with Gasteiger partial charge in [0, 0.05) is 24.9 Å². The van der Waals surface area contributed by atoms with Crippen LogP contribution in [0.25, 0.3) is 0 Å². The minimum Gasteiger partial charge on any atom is -0.300 e. The molecular weight excluding hydrogens is 450 g/mol. The molecule has 0 aromatic heterocycles. The van der Waals surface area contributed by atoms with Crippen molar-refractivity contribution in [2.45, 2.75) is 53.9 Å². The van der Waals surface area contributed by atoms with Gasteiger partial charge in [0.25, 0.3) is 0 Å². The van der Waals surface area contributed by atoms with Crippen molar-refractivity contribution in [2.75, 3.05) is 0 Å². The molecule has 0 saturated heterocycles. The van der Waals surface area contributed by atoms with Crippen LogP contribution >= 0.6 is 0 Å². The highest BCUT2D eigenvalue weighted by atomic mass is 16.1. The largest absolute Gasteiger partial charge is 0.300 e. The van der Waals surface area contributed by atoms with E-state index in [1.807, 2.05) is 107 Å². The Labute approximate surface area is 226 Å². The summed E-state index contributed by atoms with van der Waals surface area (Å²) in [5.74, 6) is 3.21. The molecule has 2 nitrogen and oxygen atoms in total. The molecule has 3 rings (SSSR count). The van der Waals surface area contributed by atoms with Gasteiger partial charge in [-0.25, -0.2) is 0 Å². The van der Waals surface area contributed by atoms with Crippen molar-refractivity contribution in [3.63, 3.8) is 0 Å². The summed E-state index contributed by atoms with van der Waals surface area (Å²) < 4.78 is 0. The van der Waals surface area contributed by atoms with Crippen molar-refractivity contribution in [3.8, 4) is 12.3 Å². The van der Waals surface area contributed by atoms with Gasteiger partial charge in [-0.3, -0.25) is 4.79 Å². The minimum absolute atomic E-state index is 0. The molecule has 1 aliphatic carbocycles. The summed E-state index contributed by atoms with van der Waals surface area (Å²) >= 11 is 0. The van der Waals surface area contributed by atoms with Crippen molar-refractivity contribution >= 4 is 11.5 Å². The first kappa shape index (κ1) is 31.1. The number of terminal acetylenes is 1. The first-order valence-corrected chi connectivity index (χ1v) is 12.8. The first-order valence-electron chi connectivity index (χ1n) is 12.8. The second-order valence-electron chi connectivity index (χ2n) is 8.87. The van der Waals surface area contributed by atoms with Crippen molar-refractivity contribution in [1.29, 1.82) is 5.41 Å². The maximum absolute atomic E-state index is 11.6. The fraction of sp³-hybridized carbons (Fsp3) is 0.257. The summed E-state index contributed by atoms with van der Waals surface area (Å²) in [6.07, 6.45) is 15.8. The van der Waals surface area contributed by atoms with E-state index in [4.69, 9.17) is 11.8 Å². The summed E-state index contributed by atoms with van der Waals surface area (Å²) in [7, 11) is 0. The maximum atomic E-state index is 11.6. The van der Waals surface area contributed by atoms with E-state index in [9.17, 15) is 4.79 Å². The van der Waals surface area contributed by atoms with Crippen molar-refractivity contribution in [2.24, 2.45) is 5.92 Å². The Morgan fingerprint density at radius 1 is 1.00 bits per heavy atom. The molecule has 2 aromatic carbocycles. The molecule has 0 unspecified atom stereocenters. The highest BCUT2D eigenvalue weighted by molar-refractivity contribution is 6.07. The van der Waals surface area contributed by atoms with Crippen molar-refractivity contribution in [3.05, 3.63) is 131 Å². The van der Waals surface area contributed by atoms with Crippen LogP contribution < -0.4 is 0 Å². The molecule has 0 radical (unpaired) electrons. The molecule has 0 heterocycles. The molecule has 2 heteroatoms. The molecule has 0 atom stereocenters. The van der Waals surface area contributed by atoms with E-state index in [0.29, 0.717) is 18.1 Å². The molecule has 1 aliphatic rings. The van der Waals surface area contributed by atoms with Gasteiger partial charge in [-0.05, 0) is 62.0 Å². The van der Waals surface area contributed by atoms with Gasteiger partial charge in [0.1, 0.15) is 0 Å². The van der Waals surface area contributed by atoms with E-state index in [1.54, 1.807) is 6.08 Å². The Morgan fingerprint density at radius 3 is 2.11 bits per heavy atom. The zero-order valence-corrected chi connectivity index (χ0v) is 23.1. The predicted molar refractivity (Wildman–Crippen MR) is 163 cm³/mol. The maximum Gasteiger partial charge on any atom is 0.161 e. The summed E-state index contributed by atoms with van der Waals surface area (Å²) in [4.78, 5) is 11.6.